The number of aromatic hydroxyl groups is 1. The molecule has 4 aromatic rings. The Hall–Kier alpha value is -3.63. The first kappa shape index (κ1) is 21.6. The fraction of sp³-hybridized carbons (Fsp3) is 0.0357. The van der Waals surface area contributed by atoms with E-state index in [2.05, 4.69) is 28.7 Å². The van der Waals surface area contributed by atoms with Crippen molar-refractivity contribution in [2.45, 2.75) is 16.7 Å². The number of nitrogens with zero attached hydrogens (tertiary/aromatic N) is 1. The Morgan fingerprint density at radius 3 is 2.16 bits per heavy atom. The maximum atomic E-state index is 9.81. The molecule has 0 saturated heterocycles. The summed E-state index contributed by atoms with van der Waals surface area (Å²) in [5.74, 6) is 13.0. The van der Waals surface area contributed by atoms with Gasteiger partial charge < -0.3 is 5.11 Å². The standard InChI is InChI=1S/C28H18ClNOS/c1-20-16-26(13-14-28(20)31)32-27-18-22(6-5-21-7-10-24(29)11-8-21)17-23(19-27)9-12-25-4-2-3-15-30-25/h2-4,7-8,10-11,13-19,31H,1H3. The van der Waals surface area contributed by atoms with Gasteiger partial charge in [0.2, 0.25) is 0 Å². The second kappa shape index (κ2) is 10.1. The van der Waals surface area contributed by atoms with E-state index >= 15 is 0 Å². The van der Waals surface area contributed by atoms with Gasteiger partial charge in [-0.05, 0) is 91.2 Å². The molecule has 0 saturated carbocycles. The first-order chi connectivity index (χ1) is 15.5. The molecule has 0 fully saturated rings. The van der Waals surface area contributed by atoms with Crippen molar-refractivity contribution in [3.63, 3.8) is 0 Å². The third-order valence-electron chi connectivity index (χ3n) is 4.51. The molecule has 0 spiro atoms. The Balaban J connectivity index is 1.70. The van der Waals surface area contributed by atoms with Gasteiger partial charge in [0.15, 0.2) is 0 Å². The number of pyridine rings is 1. The molecule has 0 unspecified atom stereocenters. The molecule has 0 aliphatic carbocycles. The number of hydrogen-bond acceptors (Lipinski definition) is 3. The number of aryl methyl sites for hydroxylation is 1. The zero-order valence-corrected chi connectivity index (χ0v) is 18.8. The summed E-state index contributed by atoms with van der Waals surface area (Å²) in [6.45, 7) is 1.89. The SMILES string of the molecule is Cc1cc(Sc2cc(C#Cc3ccc(Cl)cc3)cc(C#Cc3ccccn3)c2)ccc1O. The van der Waals surface area contributed by atoms with Gasteiger partial charge in [-0.2, -0.15) is 0 Å². The highest BCUT2D eigenvalue weighted by Gasteiger charge is 2.04. The molecule has 1 N–H and O–H groups in total. The van der Waals surface area contributed by atoms with Crippen LogP contribution in [0.25, 0.3) is 0 Å². The molecule has 0 amide bonds. The predicted molar refractivity (Wildman–Crippen MR) is 131 cm³/mol. The van der Waals surface area contributed by atoms with Crippen molar-refractivity contribution in [3.05, 3.63) is 118 Å². The molecule has 32 heavy (non-hydrogen) atoms. The molecule has 1 aromatic heterocycles. The highest BCUT2D eigenvalue weighted by atomic mass is 35.5. The van der Waals surface area contributed by atoms with Crippen LogP contribution >= 0.6 is 23.4 Å². The Labute approximate surface area is 197 Å². The van der Waals surface area contributed by atoms with Gasteiger partial charge in [0, 0.05) is 37.7 Å². The van der Waals surface area contributed by atoms with Gasteiger partial charge >= 0.3 is 0 Å². The number of benzene rings is 3. The third kappa shape index (κ3) is 5.96. The van der Waals surface area contributed by atoms with E-state index in [0.29, 0.717) is 16.5 Å². The molecule has 2 nitrogen and oxygen atoms in total. The minimum atomic E-state index is 0.291. The van der Waals surface area contributed by atoms with Crippen LogP contribution in [0.3, 0.4) is 0 Å². The quantitative estimate of drug-likeness (QED) is 0.344. The van der Waals surface area contributed by atoms with Crippen LogP contribution in [0.2, 0.25) is 5.02 Å². The Kier molecular flexibility index (Phi) is 6.83. The van der Waals surface area contributed by atoms with Crippen molar-refractivity contribution in [2.24, 2.45) is 0 Å². The molecule has 3 aromatic carbocycles. The number of aromatic nitrogens is 1. The molecule has 0 bridgehead atoms. The lowest BCUT2D eigenvalue weighted by Crippen LogP contribution is -1.85. The number of rotatable bonds is 2. The molecule has 4 rings (SSSR count). The zero-order chi connectivity index (χ0) is 22.3. The molecule has 0 radical (unpaired) electrons. The number of halogens is 1. The highest BCUT2D eigenvalue weighted by molar-refractivity contribution is 7.99. The minimum absolute atomic E-state index is 0.291. The molecule has 0 atom stereocenters. The fourth-order valence-electron chi connectivity index (χ4n) is 2.88. The van der Waals surface area contributed by atoms with Crippen molar-refractivity contribution < 1.29 is 5.11 Å². The van der Waals surface area contributed by atoms with Gasteiger partial charge in [0.25, 0.3) is 0 Å². The molecule has 0 aliphatic heterocycles. The van der Waals surface area contributed by atoms with Gasteiger partial charge in [0.1, 0.15) is 11.4 Å². The monoisotopic (exact) mass is 451 g/mol. The maximum absolute atomic E-state index is 9.81. The summed E-state index contributed by atoms with van der Waals surface area (Å²) < 4.78 is 0. The molecule has 1 heterocycles. The molecular weight excluding hydrogens is 434 g/mol. The van der Waals surface area contributed by atoms with Crippen LogP contribution < -0.4 is 0 Å². The topological polar surface area (TPSA) is 33.1 Å². The third-order valence-corrected chi connectivity index (χ3v) is 5.72. The van der Waals surface area contributed by atoms with Gasteiger partial charge in [0.05, 0.1) is 0 Å². The van der Waals surface area contributed by atoms with E-state index in [0.717, 1.165) is 32.0 Å². The number of phenolic OH excluding ortho intramolecular Hbond substituents is 1. The first-order valence-electron chi connectivity index (χ1n) is 9.88. The normalized spacial score (nSPS) is 9.94. The Morgan fingerprint density at radius 1 is 0.750 bits per heavy atom. The summed E-state index contributed by atoms with van der Waals surface area (Å²) in [7, 11) is 0. The molecule has 0 aliphatic rings. The maximum Gasteiger partial charge on any atom is 0.118 e. The van der Waals surface area contributed by atoms with E-state index in [1.165, 1.54) is 0 Å². The lowest BCUT2D eigenvalue weighted by molar-refractivity contribution is 0.470. The summed E-state index contributed by atoms with van der Waals surface area (Å²) in [6.07, 6.45) is 1.73. The van der Waals surface area contributed by atoms with Crippen molar-refractivity contribution in [1.82, 2.24) is 4.98 Å². The van der Waals surface area contributed by atoms with Crippen LogP contribution in [0.1, 0.15) is 27.9 Å². The Bertz CT molecular complexity index is 1370. The molecular formula is C28H18ClNOS. The van der Waals surface area contributed by atoms with Crippen molar-refractivity contribution in [1.29, 1.82) is 0 Å². The number of hydrogen-bond donors (Lipinski definition) is 1. The zero-order valence-electron chi connectivity index (χ0n) is 17.3. The lowest BCUT2D eigenvalue weighted by atomic mass is 10.1. The molecule has 154 valence electrons. The van der Waals surface area contributed by atoms with Crippen LogP contribution in [0.15, 0.2) is 94.9 Å². The van der Waals surface area contributed by atoms with Gasteiger partial charge in [-0.15, -0.1) is 0 Å². The summed E-state index contributed by atoms with van der Waals surface area (Å²) in [5.41, 5.74) is 4.17. The second-order valence-corrected chi connectivity index (χ2v) is 8.60. The first-order valence-corrected chi connectivity index (χ1v) is 11.1. The lowest BCUT2D eigenvalue weighted by Gasteiger charge is -2.06. The van der Waals surface area contributed by atoms with Gasteiger partial charge in [-0.1, -0.05) is 47.2 Å². The van der Waals surface area contributed by atoms with E-state index < -0.39 is 0 Å². The smallest absolute Gasteiger partial charge is 0.118 e. The summed E-state index contributed by atoms with van der Waals surface area (Å²) in [5, 5.41) is 10.5. The summed E-state index contributed by atoms with van der Waals surface area (Å²) in [6, 6.07) is 24.8. The van der Waals surface area contributed by atoms with Crippen LogP contribution in [-0.4, -0.2) is 10.1 Å². The minimum Gasteiger partial charge on any atom is -0.508 e. The number of phenols is 1. The van der Waals surface area contributed by atoms with E-state index in [9.17, 15) is 5.11 Å². The second-order valence-electron chi connectivity index (χ2n) is 7.02. The Morgan fingerprint density at radius 2 is 1.47 bits per heavy atom. The van der Waals surface area contributed by atoms with Crippen molar-refractivity contribution >= 4 is 23.4 Å². The largest absolute Gasteiger partial charge is 0.508 e. The average molecular weight is 452 g/mol. The van der Waals surface area contributed by atoms with E-state index in [1.54, 1.807) is 24.0 Å². The van der Waals surface area contributed by atoms with E-state index in [-0.39, 0.29) is 0 Å². The van der Waals surface area contributed by atoms with Crippen molar-refractivity contribution in [2.75, 3.05) is 0 Å². The predicted octanol–water partition coefficient (Wildman–Crippen LogP) is 6.70. The van der Waals surface area contributed by atoms with Gasteiger partial charge in [-0.3, -0.25) is 0 Å². The summed E-state index contributed by atoms with van der Waals surface area (Å²) in [4.78, 5) is 6.32. The molecule has 4 heteroatoms. The van der Waals surface area contributed by atoms with Crippen LogP contribution in [0, 0.1) is 30.6 Å². The van der Waals surface area contributed by atoms with E-state index in [1.807, 2.05) is 79.7 Å². The van der Waals surface area contributed by atoms with E-state index in [4.69, 9.17) is 11.6 Å². The van der Waals surface area contributed by atoms with Crippen molar-refractivity contribution in [3.8, 4) is 29.4 Å². The van der Waals surface area contributed by atoms with Crippen LogP contribution in [0.4, 0.5) is 0 Å². The fourth-order valence-corrected chi connectivity index (χ4v) is 4.02. The van der Waals surface area contributed by atoms with Gasteiger partial charge in [-0.25, -0.2) is 4.98 Å². The summed E-state index contributed by atoms with van der Waals surface area (Å²) >= 11 is 7.57. The van der Waals surface area contributed by atoms with Crippen LogP contribution in [-0.2, 0) is 0 Å². The highest BCUT2D eigenvalue weighted by Crippen LogP contribution is 2.32. The van der Waals surface area contributed by atoms with Crippen LogP contribution in [0.5, 0.6) is 5.75 Å². The average Bonchev–Trinajstić information content (AvgIpc) is 2.80.